The molecule has 3 nitrogen and oxygen atoms in total. The molecule has 0 N–H and O–H groups in total. The molecule has 1 saturated carbocycles. The van der Waals surface area contributed by atoms with Gasteiger partial charge in [-0.15, -0.1) is 0 Å². The van der Waals surface area contributed by atoms with Gasteiger partial charge in [-0.25, -0.2) is 9.07 Å². The molecule has 1 aromatic heterocycles. The maximum absolute atomic E-state index is 12.9. The summed E-state index contributed by atoms with van der Waals surface area (Å²) in [6.45, 7) is 0.688. The molecule has 0 atom stereocenters. The molecule has 1 fully saturated rings. The van der Waals surface area contributed by atoms with Gasteiger partial charge in [0.1, 0.15) is 5.82 Å². The number of hydrogen-bond acceptors (Lipinski definition) is 2. The Kier molecular flexibility index (Phi) is 2.70. The first-order chi connectivity index (χ1) is 8.72. The molecular formula is C14H13FN2O. The number of halogens is 1. The molecule has 2 aromatic rings. The second-order valence-electron chi connectivity index (χ2n) is 4.69. The molecule has 18 heavy (non-hydrogen) atoms. The first kappa shape index (κ1) is 11.1. The van der Waals surface area contributed by atoms with Gasteiger partial charge in [0.2, 0.25) is 0 Å². The Morgan fingerprint density at radius 2 is 1.89 bits per heavy atom. The molecule has 0 saturated heterocycles. The Balaban J connectivity index is 1.96. The fraction of sp³-hybridized carbons (Fsp3) is 0.286. The SMILES string of the molecule is O=c1ccc(-c2ccc(F)cc2)nn1CC1CC1. The van der Waals surface area contributed by atoms with Crippen molar-refractivity contribution in [3.8, 4) is 11.3 Å². The third-order valence-electron chi connectivity index (χ3n) is 3.13. The van der Waals surface area contributed by atoms with Crippen LogP contribution >= 0.6 is 0 Å². The summed E-state index contributed by atoms with van der Waals surface area (Å²) in [6, 6.07) is 9.33. The van der Waals surface area contributed by atoms with E-state index in [2.05, 4.69) is 5.10 Å². The summed E-state index contributed by atoms with van der Waals surface area (Å²) in [5, 5.41) is 4.33. The zero-order valence-electron chi connectivity index (χ0n) is 9.84. The second-order valence-corrected chi connectivity index (χ2v) is 4.69. The minimum atomic E-state index is -0.273. The van der Waals surface area contributed by atoms with Gasteiger partial charge in [-0.3, -0.25) is 4.79 Å². The number of benzene rings is 1. The van der Waals surface area contributed by atoms with Crippen molar-refractivity contribution < 1.29 is 4.39 Å². The van der Waals surface area contributed by atoms with E-state index in [0.29, 0.717) is 18.2 Å². The highest BCUT2D eigenvalue weighted by atomic mass is 19.1. The molecule has 1 aromatic carbocycles. The lowest BCUT2D eigenvalue weighted by Crippen LogP contribution is -2.23. The van der Waals surface area contributed by atoms with Crippen molar-refractivity contribution in [2.45, 2.75) is 19.4 Å². The predicted octanol–water partition coefficient (Wildman–Crippen LogP) is 2.46. The monoisotopic (exact) mass is 244 g/mol. The summed E-state index contributed by atoms with van der Waals surface area (Å²) in [6.07, 6.45) is 2.35. The summed E-state index contributed by atoms with van der Waals surface area (Å²) in [5.74, 6) is 0.323. The van der Waals surface area contributed by atoms with Crippen LogP contribution in [0, 0.1) is 11.7 Å². The maximum atomic E-state index is 12.9. The zero-order chi connectivity index (χ0) is 12.5. The van der Waals surface area contributed by atoms with E-state index >= 15 is 0 Å². The van der Waals surface area contributed by atoms with Crippen LogP contribution in [0.25, 0.3) is 11.3 Å². The number of nitrogens with zero attached hydrogens (tertiary/aromatic N) is 2. The van der Waals surface area contributed by atoms with Gasteiger partial charge in [-0.2, -0.15) is 5.10 Å². The van der Waals surface area contributed by atoms with Crippen molar-refractivity contribution >= 4 is 0 Å². The highest BCUT2D eigenvalue weighted by molar-refractivity contribution is 5.57. The van der Waals surface area contributed by atoms with Gasteiger partial charge in [-0.1, -0.05) is 0 Å². The standard InChI is InChI=1S/C14H13FN2O/c15-12-5-3-11(4-6-12)13-7-8-14(18)17(16-13)9-10-1-2-10/h3-8,10H,1-2,9H2. The van der Waals surface area contributed by atoms with Crippen molar-refractivity contribution in [3.05, 3.63) is 52.6 Å². The molecule has 92 valence electrons. The van der Waals surface area contributed by atoms with Crippen molar-refractivity contribution in [1.29, 1.82) is 0 Å². The lowest BCUT2D eigenvalue weighted by molar-refractivity contribution is 0.536. The minimum absolute atomic E-state index is 0.0761. The summed E-state index contributed by atoms with van der Waals surface area (Å²) in [7, 11) is 0. The predicted molar refractivity (Wildman–Crippen MR) is 66.6 cm³/mol. The van der Waals surface area contributed by atoms with Crippen LogP contribution in [0.1, 0.15) is 12.8 Å². The van der Waals surface area contributed by atoms with Crippen molar-refractivity contribution in [2.75, 3.05) is 0 Å². The molecule has 0 unspecified atom stereocenters. The van der Waals surface area contributed by atoms with Gasteiger partial charge in [-0.05, 0) is 49.1 Å². The van der Waals surface area contributed by atoms with Crippen LogP contribution in [0.2, 0.25) is 0 Å². The van der Waals surface area contributed by atoms with Crippen LogP contribution in [0.15, 0.2) is 41.2 Å². The molecule has 1 heterocycles. The Hall–Kier alpha value is -1.97. The van der Waals surface area contributed by atoms with Crippen molar-refractivity contribution in [3.63, 3.8) is 0 Å². The second kappa shape index (κ2) is 4.37. The Labute approximate surface area is 104 Å². The molecule has 0 radical (unpaired) electrons. The third kappa shape index (κ3) is 2.32. The number of aromatic nitrogens is 2. The van der Waals surface area contributed by atoms with Crippen LogP contribution in [0.5, 0.6) is 0 Å². The van der Waals surface area contributed by atoms with E-state index in [1.54, 1.807) is 18.2 Å². The topological polar surface area (TPSA) is 34.9 Å². The smallest absolute Gasteiger partial charge is 0.266 e. The van der Waals surface area contributed by atoms with Crippen molar-refractivity contribution in [1.82, 2.24) is 9.78 Å². The highest BCUT2D eigenvalue weighted by Crippen LogP contribution is 2.30. The summed E-state index contributed by atoms with van der Waals surface area (Å²) < 4.78 is 14.4. The number of hydrogen-bond donors (Lipinski definition) is 0. The van der Waals surface area contributed by atoms with Gasteiger partial charge in [0.15, 0.2) is 0 Å². The quantitative estimate of drug-likeness (QED) is 0.831. The molecule has 4 heteroatoms. The van der Waals surface area contributed by atoms with E-state index in [1.165, 1.54) is 35.7 Å². The van der Waals surface area contributed by atoms with E-state index in [1.807, 2.05) is 0 Å². The van der Waals surface area contributed by atoms with E-state index < -0.39 is 0 Å². The Morgan fingerprint density at radius 3 is 2.56 bits per heavy atom. The van der Waals surface area contributed by atoms with Crippen LogP contribution in [0.4, 0.5) is 4.39 Å². The van der Waals surface area contributed by atoms with Gasteiger partial charge < -0.3 is 0 Å². The molecule has 0 amide bonds. The third-order valence-corrected chi connectivity index (χ3v) is 3.13. The summed E-state index contributed by atoms with van der Waals surface area (Å²) in [4.78, 5) is 11.7. The lowest BCUT2D eigenvalue weighted by atomic mass is 10.1. The fourth-order valence-corrected chi connectivity index (χ4v) is 1.90. The zero-order valence-corrected chi connectivity index (χ0v) is 9.84. The van der Waals surface area contributed by atoms with E-state index in [4.69, 9.17) is 0 Å². The fourth-order valence-electron chi connectivity index (χ4n) is 1.90. The molecule has 3 rings (SSSR count). The lowest BCUT2D eigenvalue weighted by Gasteiger charge is -2.06. The average Bonchev–Trinajstić information content (AvgIpc) is 3.17. The normalized spacial score (nSPS) is 14.7. The van der Waals surface area contributed by atoms with E-state index in [-0.39, 0.29) is 11.4 Å². The number of rotatable bonds is 3. The van der Waals surface area contributed by atoms with E-state index in [9.17, 15) is 9.18 Å². The van der Waals surface area contributed by atoms with Gasteiger partial charge in [0.25, 0.3) is 5.56 Å². The molecule has 0 bridgehead atoms. The van der Waals surface area contributed by atoms with Crippen LogP contribution in [0.3, 0.4) is 0 Å². The van der Waals surface area contributed by atoms with Crippen LogP contribution in [-0.2, 0) is 6.54 Å². The average molecular weight is 244 g/mol. The molecular weight excluding hydrogens is 231 g/mol. The first-order valence-electron chi connectivity index (χ1n) is 6.06. The molecule has 1 aliphatic rings. The van der Waals surface area contributed by atoms with Gasteiger partial charge in [0, 0.05) is 18.2 Å². The minimum Gasteiger partial charge on any atom is -0.268 e. The molecule has 0 spiro atoms. The van der Waals surface area contributed by atoms with E-state index in [0.717, 1.165) is 5.56 Å². The molecule has 0 aliphatic heterocycles. The summed E-state index contributed by atoms with van der Waals surface area (Å²) >= 11 is 0. The van der Waals surface area contributed by atoms with Crippen LogP contribution < -0.4 is 5.56 Å². The maximum Gasteiger partial charge on any atom is 0.266 e. The highest BCUT2D eigenvalue weighted by Gasteiger charge is 2.22. The first-order valence-corrected chi connectivity index (χ1v) is 6.06. The van der Waals surface area contributed by atoms with Gasteiger partial charge >= 0.3 is 0 Å². The Bertz CT molecular complexity index is 614. The largest absolute Gasteiger partial charge is 0.268 e. The summed E-state index contributed by atoms with van der Waals surface area (Å²) in [5.41, 5.74) is 1.45. The van der Waals surface area contributed by atoms with Crippen molar-refractivity contribution in [2.24, 2.45) is 5.92 Å². The van der Waals surface area contributed by atoms with Crippen LogP contribution in [-0.4, -0.2) is 9.78 Å². The molecule has 1 aliphatic carbocycles. The van der Waals surface area contributed by atoms with Gasteiger partial charge in [0.05, 0.1) is 5.69 Å². The Morgan fingerprint density at radius 1 is 1.17 bits per heavy atom.